The van der Waals surface area contributed by atoms with Crippen LogP contribution in [0.2, 0.25) is 0 Å². The molecule has 4 nitrogen and oxygen atoms in total. The van der Waals surface area contributed by atoms with E-state index in [0.717, 1.165) is 18.4 Å². The van der Waals surface area contributed by atoms with Gasteiger partial charge in [-0.1, -0.05) is 39.8 Å². The Morgan fingerprint density at radius 1 is 1.26 bits per heavy atom. The van der Waals surface area contributed by atoms with Crippen molar-refractivity contribution in [2.45, 2.75) is 52.4 Å². The van der Waals surface area contributed by atoms with Gasteiger partial charge in [0, 0.05) is 5.92 Å². The van der Waals surface area contributed by atoms with Crippen LogP contribution >= 0.6 is 22.6 Å². The standard InChI is InChI=1S/C18H25IO4/c1-3-22-16(20)18(17(21)23-4-2)10-14(12-19)15(11-18)13-8-6-5-7-9-13/h8,12,15H,3-7,9-11H2,1-2H3/b14-12+. The molecule has 0 aromatic heterocycles. The Bertz CT molecular complexity index is 503. The van der Waals surface area contributed by atoms with Gasteiger partial charge in [0.2, 0.25) is 0 Å². The largest absolute Gasteiger partial charge is 0.465 e. The van der Waals surface area contributed by atoms with Crippen molar-refractivity contribution in [1.29, 1.82) is 0 Å². The maximum atomic E-state index is 12.6. The fourth-order valence-electron chi connectivity index (χ4n) is 3.62. The lowest BCUT2D eigenvalue weighted by Crippen LogP contribution is -2.40. The Morgan fingerprint density at radius 2 is 1.91 bits per heavy atom. The van der Waals surface area contributed by atoms with Gasteiger partial charge in [-0.25, -0.2) is 0 Å². The minimum absolute atomic E-state index is 0.168. The number of rotatable bonds is 5. The molecule has 1 unspecified atom stereocenters. The van der Waals surface area contributed by atoms with Crippen molar-refractivity contribution in [2.75, 3.05) is 13.2 Å². The first-order chi connectivity index (χ1) is 11.1. The van der Waals surface area contributed by atoms with E-state index in [1.54, 1.807) is 13.8 Å². The fourth-order valence-corrected chi connectivity index (χ4v) is 4.27. The molecule has 0 aromatic carbocycles. The lowest BCUT2D eigenvalue weighted by Gasteiger charge is -2.25. The highest BCUT2D eigenvalue weighted by molar-refractivity contribution is 14.1. The molecule has 1 saturated carbocycles. The second kappa shape index (κ2) is 8.31. The van der Waals surface area contributed by atoms with E-state index in [1.807, 2.05) is 4.08 Å². The topological polar surface area (TPSA) is 52.6 Å². The lowest BCUT2D eigenvalue weighted by molar-refractivity contribution is -0.171. The monoisotopic (exact) mass is 432 g/mol. The minimum atomic E-state index is -1.17. The third-order valence-corrected chi connectivity index (χ3v) is 5.55. The van der Waals surface area contributed by atoms with E-state index in [2.05, 4.69) is 28.7 Å². The number of halogens is 1. The average Bonchev–Trinajstić information content (AvgIpc) is 2.97. The summed E-state index contributed by atoms with van der Waals surface area (Å²) in [5, 5.41) is 0. The Morgan fingerprint density at radius 3 is 2.39 bits per heavy atom. The van der Waals surface area contributed by atoms with Gasteiger partial charge in [0.25, 0.3) is 0 Å². The second-order valence-electron chi connectivity index (χ2n) is 6.17. The van der Waals surface area contributed by atoms with Crippen molar-refractivity contribution in [3.8, 4) is 0 Å². The summed E-state index contributed by atoms with van der Waals surface area (Å²) < 4.78 is 12.5. The molecule has 0 heterocycles. The normalized spacial score (nSPS) is 25.1. The highest BCUT2D eigenvalue weighted by Gasteiger charge is 2.56. The molecule has 2 rings (SSSR count). The van der Waals surface area contributed by atoms with Crippen molar-refractivity contribution in [3.63, 3.8) is 0 Å². The highest BCUT2D eigenvalue weighted by Crippen LogP contribution is 2.51. The van der Waals surface area contributed by atoms with Crippen LogP contribution in [0.25, 0.3) is 0 Å². The Kier molecular flexibility index (Phi) is 6.68. The summed E-state index contributed by atoms with van der Waals surface area (Å²) in [6, 6.07) is 0. The molecule has 0 bridgehead atoms. The van der Waals surface area contributed by atoms with Gasteiger partial charge < -0.3 is 9.47 Å². The number of allylic oxidation sites excluding steroid dienone is 3. The molecule has 1 fully saturated rings. The molecule has 0 spiro atoms. The SMILES string of the molecule is CCOC(=O)C1(C(=O)OCC)C/C(=C\I)C(C2=CCCCC2)C1. The van der Waals surface area contributed by atoms with E-state index < -0.39 is 17.4 Å². The second-order valence-corrected chi connectivity index (χ2v) is 6.79. The molecule has 0 N–H and O–H groups in total. The van der Waals surface area contributed by atoms with Gasteiger partial charge in [-0.05, 0) is 56.5 Å². The predicted molar refractivity (Wildman–Crippen MR) is 97.1 cm³/mol. The van der Waals surface area contributed by atoms with Crippen molar-refractivity contribution >= 4 is 34.5 Å². The number of carbonyl (C=O) groups is 2. The highest BCUT2D eigenvalue weighted by atomic mass is 127. The smallest absolute Gasteiger partial charge is 0.323 e. The summed E-state index contributed by atoms with van der Waals surface area (Å²) >= 11 is 2.21. The molecule has 0 saturated heterocycles. The molecule has 0 amide bonds. The zero-order chi connectivity index (χ0) is 16.9. The Balaban J connectivity index is 2.34. The molecule has 2 aliphatic carbocycles. The summed E-state index contributed by atoms with van der Waals surface area (Å²) in [6.45, 7) is 4.08. The number of esters is 2. The molecule has 128 valence electrons. The van der Waals surface area contributed by atoms with Gasteiger partial charge in [0.1, 0.15) is 0 Å². The Hall–Kier alpha value is -0.850. The van der Waals surface area contributed by atoms with E-state index in [-0.39, 0.29) is 19.1 Å². The van der Waals surface area contributed by atoms with E-state index in [4.69, 9.17) is 9.47 Å². The zero-order valence-electron chi connectivity index (χ0n) is 13.9. The zero-order valence-corrected chi connectivity index (χ0v) is 16.1. The molecule has 1 atom stereocenters. The van der Waals surface area contributed by atoms with Crippen LogP contribution in [0.1, 0.15) is 52.4 Å². The van der Waals surface area contributed by atoms with Crippen LogP contribution in [0.15, 0.2) is 21.3 Å². The predicted octanol–water partition coefficient (Wildman–Crippen LogP) is 4.33. The molecular formula is C18H25IO4. The number of hydrogen-bond donors (Lipinski definition) is 0. The third kappa shape index (κ3) is 3.80. The van der Waals surface area contributed by atoms with E-state index in [9.17, 15) is 9.59 Å². The quantitative estimate of drug-likeness (QED) is 0.281. The first-order valence-corrected chi connectivity index (χ1v) is 9.66. The average molecular weight is 432 g/mol. The maximum Gasteiger partial charge on any atom is 0.323 e. The third-order valence-electron chi connectivity index (χ3n) is 4.75. The van der Waals surface area contributed by atoms with Crippen LogP contribution in [0.4, 0.5) is 0 Å². The molecule has 0 aromatic rings. The van der Waals surface area contributed by atoms with Gasteiger partial charge in [-0.3, -0.25) is 9.59 Å². The van der Waals surface area contributed by atoms with Gasteiger partial charge >= 0.3 is 11.9 Å². The van der Waals surface area contributed by atoms with E-state index in [0.29, 0.717) is 12.8 Å². The number of carbonyl (C=O) groups excluding carboxylic acids is 2. The maximum absolute atomic E-state index is 12.6. The van der Waals surface area contributed by atoms with Crippen LogP contribution in [0.3, 0.4) is 0 Å². The molecule has 0 radical (unpaired) electrons. The van der Waals surface area contributed by atoms with Gasteiger partial charge in [0.05, 0.1) is 13.2 Å². The molecule has 2 aliphatic rings. The van der Waals surface area contributed by atoms with Crippen LogP contribution < -0.4 is 0 Å². The first kappa shape index (κ1) is 18.5. The summed E-state index contributed by atoms with van der Waals surface area (Å²) in [6.07, 6.45) is 7.73. The van der Waals surface area contributed by atoms with Gasteiger partial charge in [-0.2, -0.15) is 0 Å². The first-order valence-electron chi connectivity index (χ1n) is 8.41. The van der Waals surface area contributed by atoms with Crippen LogP contribution in [0, 0.1) is 11.3 Å². The van der Waals surface area contributed by atoms with Gasteiger partial charge in [0.15, 0.2) is 5.41 Å². The summed E-state index contributed by atoms with van der Waals surface area (Å²) in [7, 11) is 0. The van der Waals surface area contributed by atoms with Crippen molar-refractivity contribution < 1.29 is 19.1 Å². The minimum Gasteiger partial charge on any atom is -0.465 e. The summed E-state index contributed by atoms with van der Waals surface area (Å²) in [5.74, 6) is -0.706. The fraction of sp³-hybridized carbons (Fsp3) is 0.667. The van der Waals surface area contributed by atoms with E-state index in [1.165, 1.54) is 18.4 Å². The number of hydrogen-bond acceptors (Lipinski definition) is 4. The van der Waals surface area contributed by atoms with Crippen molar-refractivity contribution in [3.05, 3.63) is 21.3 Å². The van der Waals surface area contributed by atoms with Crippen LogP contribution in [0.5, 0.6) is 0 Å². The molecule has 5 heteroatoms. The molecule has 23 heavy (non-hydrogen) atoms. The Labute approximate surface area is 151 Å². The van der Waals surface area contributed by atoms with Crippen LogP contribution in [-0.2, 0) is 19.1 Å². The number of ether oxygens (including phenoxy) is 2. The molecular weight excluding hydrogens is 407 g/mol. The van der Waals surface area contributed by atoms with Gasteiger partial charge in [-0.15, -0.1) is 0 Å². The summed E-state index contributed by atoms with van der Waals surface area (Å²) in [4.78, 5) is 25.2. The summed E-state index contributed by atoms with van der Waals surface area (Å²) in [5.41, 5.74) is 1.35. The lowest BCUT2D eigenvalue weighted by atomic mass is 9.82. The van der Waals surface area contributed by atoms with E-state index >= 15 is 0 Å². The van der Waals surface area contributed by atoms with Crippen LogP contribution in [-0.4, -0.2) is 25.2 Å². The van der Waals surface area contributed by atoms with Crippen molar-refractivity contribution in [2.24, 2.45) is 11.3 Å². The molecule has 0 aliphatic heterocycles. The van der Waals surface area contributed by atoms with Crippen molar-refractivity contribution in [1.82, 2.24) is 0 Å².